The monoisotopic (exact) mass is 524 g/mol. The van der Waals surface area contributed by atoms with E-state index < -0.39 is 41.9 Å². The van der Waals surface area contributed by atoms with Crippen LogP contribution in [0, 0.1) is 0 Å². The van der Waals surface area contributed by atoms with Crippen molar-refractivity contribution in [2.45, 2.75) is 43.9 Å². The molecule has 0 fully saturated rings. The van der Waals surface area contributed by atoms with E-state index in [0.29, 0.717) is 5.56 Å². The molecular weight excluding hydrogens is 494 g/mol. The topological polar surface area (TPSA) is 166 Å². The highest BCUT2D eigenvalue weighted by molar-refractivity contribution is 7.80. The van der Waals surface area contributed by atoms with Crippen LogP contribution in [0.4, 0.5) is 0 Å². The molecule has 1 aromatic heterocycles. The molecule has 1 radical (unpaired) electrons. The van der Waals surface area contributed by atoms with Crippen molar-refractivity contribution in [1.82, 2.24) is 20.9 Å². The summed E-state index contributed by atoms with van der Waals surface area (Å²) in [5, 5.41) is 18.3. The number of nitrogens with one attached hydrogen (secondary N) is 4. The molecule has 7 N–H and O–H groups in total. The first-order valence-electron chi connectivity index (χ1n) is 11.7. The highest BCUT2D eigenvalue weighted by atomic mass is 32.1. The average Bonchev–Trinajstić information content (AvgIpc) is 3.29. The van der Waals surface area contributed by atoms with Gasteiger partial charge >= 0.3 is 0 Å². The Balaban J connectivity index is 1.76. The van der Waals surface area contributed by atoms with Crippen molar-refractivity contribution in [1.29, 1.82) is 0 Å². The zero-order chi connectivity index (χ0) is 26.9. The van der Waals surface area contributed by atoms with Gasteiger partial charge < -0.3 is 31.8 Å². The molecule has 0 saturated heterocycles. The maximum Gasteiger partial charge on any atom is 0.244 e. The first-order valence-corrected chi connectivity index (χ1v) is 12.3. The van der Waals surface area contributed by atoms with Gasteiger partial charge in [-0.25, -0.2) is 0 Å². The molecule has 195 valence electrons. The molecule has 0 saturated carbocycles. The number of amides is 3. The Labute approximate surface area is 219 Å². The summed E-state index contributed by atoms with van der Waals surface area (Å²) in [5.74, 6) is -1.75. The number of H-pyrrole nitrogens is 1. The average molecular weight is 525 g/mol. The number of aromatic nitrogens is 1. The molecule has 2 aromatic carbocycles. The summed E-state index contributed by atoms with van der Waals surface area (Å²) in [7, 11) is 0. The standard InChI is InChI=1S/C26H30N5O5S/c1-15(27)24(34)31-23(14-37)26(36)30-22(10-16-6-8-19(33)9-7-16)25(35)29-18(13-32)11-17-12-28-21-5-3-2-4-20(17)21/h2-9,12,15,18,22-23,28,33,37H,10-11,14,27H2,1H3,(H,29,35)(H,30,36)(H,31,34)/t15-,18-,22-,23-/m1/s1. The van der Waals surface area contributed by atoms with Crippen LogP contribution >= 0.6 is 12.6 Å². The Morgan fingerprint density at radius 2 is 1.62 bits per heavy atom. The van der Waals surface area contributed by atoms with Crippen LogP contribution in [0.1, 0.15) is 18.1 Å². The van der Waals surface area contributed by atoms with Crippen molar-refractivity contribution in [3.63, 3.8) is 0 Å². The van der Waals surface area contributed by atoms with Gasteiger partial charge in [0.15, 0.2) is 0 Å². The normalized spacial score (nSPS) is 14.2. The first kappa shape index (κ1) is 27.8. The number of hydrogen-bond acceptors (Lipinski definition) is 7. The molecule has 4 atom stereocenters. The molecule has 10 nitrogen and oxygen atoms in total. The smallest absolute Gasteiger partial charge is 0.244 e. The Kier molecular flexibility index (Phi) is 9.70. The van der Waals surface area contributed by atoms with Crippen molar-refractivity contribution >= 4 is 47.5 Å². The van der Waals surface area contributed by atoms with E-state index in [-0.39, 0.29) is 24.3 Å². The van der Waals surface area contributed by atoms with E-state index in [2.05, 4.69) is 33.6 Å². The summed E-state index contributed by atoms with van der Waals surface area (Å²) in [6.07, 6.45) is 3.90. The number of para-hydroxylation sites is 1. The highest BCUT2D eigenvalue weighted by Crippen LogP contribution is 2.19. The summed E-state index contributed by atoms with van der Waals surface area (Å²) in [5.41, 5.74) is 7.96. The predicted molar refractivity (Wildman–Crippen MR) is 143 cm³/mol. The second-order valence-corrected chi connectivity index (χ2v) is 9.07. The Morgan fingerprint density at radius 1 is 0.973 bits per heavy atom. The number of rotatable bonds is 12. The lowest BCUT2D eigenvalue weighted by Crippen LogP contribution is -2.57. The number of carbonyl (C=O) groups excluding carboxylic acids is 4. The zero-order valence-electron chi connectivity index (χ0n) is 20.2. The molecule has 0 aliphatic heterocycles. The molecule has 3 rings (SSSR count). The molecule has 0 unspecified atom stereocenters. The third-order valence-corrected chi connectivity index (χ3v) is 6.16. The fraction of sp³-hybridized carbons (Fsp3) is 0.308. The minimum absolute atomic E-state index is 0.0247. The number of hydrogen-bond donors (Lipinski definition) is 7. The largest absolute Gasteiger partial charge is 0.508 e. The lowest BCUT2D eigenvalue weighted by Gasteiger charge is -2.24. The lowest BCUT2D eigenvalue weighted by atomic mass is 10.0. The van der Waals surface area contributed by atoms with Gasteiger partial charge in [-0.05, 0) is 36.2 Å². The Morgan fingerprint density at radius 3 is 2.27 bits per heavy atom. The number of benzene rings is 2. The SMILES string of the molecule is C[C@@H](N)C(=O)N[C@H](CS)C(=O)N[C@H](Cc1ccc(O)cc1)C(=O)N[C@@H]([C]=O)Cc1c[nH]c2ccccc12. The number of aromatic amines is 1. The van der Waals surface area contributed by atoms with Gasteiger partial charge in [0.2, 0.25) is 24.0 Å². The van der Waals surface area contributed by atoms with Gasteiger partial charge in [-0.1, -0.05) is 30.3 Å². The third-order valence-electron chi connectivity index (χ3n) is 5.80. The fourth-order valence-corrected chi connectivity index (χ4v) is 4.02. The van der Waals surface area contributed by atoms with Gasteiger partial charge in [-0.3, -0.25) is 19.2 Å². The van der Waals surface area contributed by atoms with Gasteiger partial charge in [-0.2, -0.15) is 12.6 Å². The number of carbonyl (C=O) groups is 3. The van der Waals surface area contributed by atoms with E-state index in [0.717, 1.165) is 16.5 Å². The minimum atomic E-state index is -1.09. The Bertz CT molecular complexity index is 1240. The second-order valence-electron chi connectivity index (χ2n) is 8.71. The quantitative estimate of drug-likeness (QED) is 0.170. The number of fused-ring (bicyclic) bond motifs is 1. The minimum Gasteiger partial charge on any atom is -0.508 e. The molecule has 0 spiro atoms. The molecular formula is C26H30N5O5S. The molecule has 0 aliphatic rings. The third kappa shape index (κ3) is 7.58. The Hall–Kier alpha value is -3.83. The summed E-state index contributed by atoms with van der Waals surface area (Å²) in [6.45, 7) is 1.48. The summed E-state index contributed by atoms with van der Waals surface area (Å²) in [4.78, 5) is 53.1. The van der Waals surface area contributed by atoms with Crippen LogP contribution in [0.3, 0.4) is 0 Å². The number of phenolic OH excluding ortho intramolecular Hbond substituents is 1. The van der Waals surface area contributed by atoms with Crippen molar-refractivity contribution < 1.29 is 24.3 Å². The van der Waals surface area contributed by atoms with Crippen LogP contribution in [0.15, 0.2) is 54.7 Å². The van der Waals surface area contributed by atoms with Crippen LogP contribution in [0.25, 0.3) is 10.9 Å². The van der Waals surface area contributed by atoms with E-state index in [1.807, 2.05) is 30.6 Å². The van der Waals surface area contributed by atoms with Gasteiger partial charge in [0.25, 0.3) is 0 Å². The lowest BCUT2D eigenvalue weighted by molar-refractivity contribution is -0.132. The summed E-state index contributed by atoms with van der Waals surface area (Å²) < 4.78 is 0. The first-order chi connectivity index (χ1) is 17.7. The van der Waals surface area contributed by atoms with E-state index in [4.69, 9.17) is 5.73 Å². The molecule has 3 aromatic rings. The number of aromatic hydroxyl groups is 1. The number of nitrogens with two attached hydrogens (primary N) is 1. The molecule has 1 heterocycles. The molecule has 37 heavy (non-hydrogen) atoms. The fourth-order valence-electron chi connectivity index (χ4n) is 3.76. The van der Waals surface area contributed by atoms with E-state index in [1.165, 1.54) is 19.1 Å². The maximum absolute atomic E-state index is 13.3. The molecule has 0 bridgehead atoms. The van der Waals surface area contributed by atoms with Gasteiger partial charge in [-0.15, -0.1) is 0 Å². The van der Waals surface area contributed by atoms with Gasteiger partial charge in [0.05, 0.1) is 12.1 Å². The van der Waals surface area contributed by atoms with Crippen LogP contribution in [-0.2, 0) is 32.0 Å². The molecule has 3 amide bonds. The second kappa shape index (κ2) is 12.9. The summed E-state index contributed by atoms with van der Waals surface area (Å²) in [6, 6.07) is 9.81. The van der Waals surface area contributed by atoms with Crippen LogP contribution in [0.5, 0.6) is 5.75 Å². The summed E-state index contributed by atoms with van der Waals surface area (Å²) >= 11 is 4.13. The number of thiol groups is 1. The van der Waals surface area contributed by atoms with E-state index in [1.54, 1.807) is 18.3 Å². The van der Waals surface area contributed by atoms with Crippen LogP contribution in [-0.4, -0.2) is 64.0 Å². The maximum atomic E-state index is 13.3. The van der Waals surface area contributed by atoms with Crippen molar-refractivity contribution in [2.75, 3.05) is 5.75 Å². The molecule has 0 aliphatic carbocycles. The highest BCUT2D eigenvalue weighted by Gasteiger charge is 2.28. The van der Waals surface area contributed by atoms with E-state index >= 15 is 0 Å². The van der Waals surface area contributed by atoms with Crippen molar-refractivity contribution in [2.24, 2.45) is 5.73 Å². The van der Waals surface area contributed by atoms with Crippen LogP contribution < -0.4 is 21.7 Å². The van der Waals surface area contributed by atoms with Crippen molar-refractivity contribution in [3.8, 4) is 5.75 Å². The van der Waals surface area contributed by atoms with Gasteiger partial charge in [0.1, 0.15) is 17.8 Å². The van der Waals surface area contributed by atoms with Crippen LogP contribution in [0.2, 0.25) is 0 Å². The number of phenols is 1. The van der Waals surface area contributed by atoms with Gasteiger partial charge in [0, 0.05) is 35.7 Å². The molecule has 11 heteroatoms. The van der Waals surface area contributed by atoms with E-state index in [9.17, 15) is 24.3 Å². The zero-order valence-corrected chi connectivity index (χ0v) is 21.1. The van der Waals surface area contributed by atoms with Crippen molar-refractivity contribution in [3.05, 3.63) is 65.9 Å². The predicted octanol–water partition coefficient (Wildman–Crippen LogP) is 0.500.